The van der Waals surface area contributed by atoms with E-state index in [9.17, 15) is 12.8 Å². The molecule has 0 bridgehead atoms. The quantitative estimate of drug-likeness (QED) is 0.700. The van der Waals surface area contributed by atoms with Crippen LogP contribution in [0.25, 0.3) is 10.2 Å². The van der Waals surface area contributed by atoms with E-state index in [1.54, 1.807) is 11.3 Å². The summed E-state index contributed by atoms with van der Waals surface area (Å²) in [6.45, 7) is 1.80. The molecule has 0 spiro atoms. The van der Waals surface area contributed by atoms with E-state index in [1.165, 1.54) is 22.8 Å². The van der Waals surface area contributed by atoms with Crippen LogP contribution >= 0.6 is 11.3 Å². The lowest BCUT2D eigenvalue weighted by molar-refractivity contribution is 0.384. The molecule has 1 saturated heterocycles. The van der Waals surface area contributed by atoms with Crippen molar-refractivity contribution in [1.29, 1.82) is 0 Å². The Morgan fingerprint density at radius 3 is 2.44 bits per heavy atom. The average Bonchev–Trinajstić information content (AvgIpc) is 3.11. The lowest BCUT2D eigenvalue weighted by Gasteiger charge is -2.34. The molecule has 130 valence electrons. The van der Waals surface area contributed by atoms with Gasteiger partial charge in [-0.05, 0) is 35.7 Å². The molecule has 1 aliphatic rings. The second-order valence-corrected chi connectivity index (χ2v) is 8.51. The number of nitrogens with zero attached hydrogens (tertiary/aromatic N) is 4. The van der Waals surface area contributed by atoms with Crippen molar-refractivity contribution < 1.29 is 12.8 Å². The summed E-state index contributed by atoms with van der Waals surface area (Å²) >= 11 is 1.55. The highest BCUT2D eigenvalue weighted by Gasteiger charge is 2.29. The third-order valence-electron chi connectivity index (χ3n) is 4.23. The first kappa shape index (κ1) is 16.4. The van der Waals surface area contributed by atoms with E-state index in [0.717, 1.165) is 28.2 Å². The zero-order chi connectivity index (χ0) is 17.4. The first-order valence-corrected chi connectivity index (χ1v) is 10.1. The SMILES string of the molecule is O=S(=O)(c1ccc(F)cc1)N1CCN(c2ncnc3sccc23)CC1. The molecular formula is C16H15FN4O2S2. The van der Waals surface area contributed by atoms with Crippen LogP contribution in [-0.2, 0) is 10.0 Å². The van der Waals surface area contributed by atoms with E-state index in [2.05, 4.69) is 14.9 Å². The largest absolute Gasteiger partial charge is 0.353 e. The summed E-state index contributed by atoms with van der Waals surface area (Å²) in [5.74, 6) is 0.386. The fraction of sp³-hybridized carbons (Fsp3) is 0.250. The van der Waals surface area contributed by atoms with Crippen LogP contribution < -0.4 is 4.90 Å². The van der Waals surface area contributed by atoms with Gasteiger partial charge >= 0.3 is 0 Å². The van der Waals surface area contributed by atoms with Gasteiger partial charge in [0.2, 0.25) is 10.0 Å². The smallest absolute Gasteiger partial charge is 0.243 e. The molecule has 0 saturated carbocycles. The standard InChI is InChI=1S/C16H15FN4O2S2/c17-12-1-3-13(4-2-12)25(22,23)21-8-6-20(7-9-21)15-14-5-10-24-16(14)19-11-18-15/h1-5,10-11H,6-9H2. The zero-order valence-electron chi connectivity index (χ0n) is 13.2. The Labute approximate surface area is 148 Å². The molecule has 1 fully saturated rings. The Morgan fingerprint density at radius 1 is 1.00 bits per heavy atom. The molecule has 25 heavy (non-hydrogen) atoms. The summed E-state index contributed by atoms with van der Waals surface area (Å²) in [4.78, 5) is 11.7. The maximum absolute atomic E-state index is 13.0. The lowest BCUT2D eigenvalue weighted by atomic mass is 10.3. The van der Waals surface area contributed by atoms with Crippen LogP contribution in [0.15, 0.2) is 46.9 Å². The minimum atomic E-state index is -3.61. The van der Waals surface area contributed by atoms with Crippen LogP contribution in [0.2, 0.25) is 0 Å². The molecule has 0 aliphatic carbocycles. The summed E-state index contributed by atoms with van der Waals surface area (Å²) in [6.07, 6.45) is 1.54. The summed E-state index contributed by atoms with van der Waals surface area (Å²) in [5, 5.41) is 2.96. The number of hydrogen-bond acceptors (Lipinski definition) is 6. The summed E-state index contributed by atoms with van der Waals surface area (Å²) in [6, 6.07) is 6.92. The van der Waals surface area contributed by atoms with Gasteiger partial charge in [-0.25, -0.2) is 22.8 Å². The predicted octanol–water partition coefficient (Wildman–Crippen LogP) is 2.34. The molecule has 3 aromatic rings. The van der Waals surface area contributed by atoms with Gasteiger partial charge in [0.1, 0.15) is 22.8 Å². The number of piperazine rings is 1. The summed E-state index contributed by atoms with van der Waals surface area (Å²) in [7, 11) is -3.61. The number of fused-ring (bicyclic) bond motifs is 1. The van der Waals surface area contributed by atoms with Gasteiger partial charge in [0, 0.05) is 26.2 Å². The van der Waals surface area contributed by atoms with Crippen molar-refractivity contribution in [2.24, 2.45) is 0 Å². The fourth-order valence-corrected chi connectivity index (χ4v) is 5.07. The van der Waals surface area contributed by atoms with Crippen LogP contribution in [0.1, 0.15) is 0 Å². The zero-order valence-corrected chi connectivity index (χ0v) is 14.8. The maximum Gasteiger partial charge on any atom is 0.243 e. The Bertz CT molecular complexity index is 996. The second kappa shape index (κ2) is 6.32. The highest BCUT2D eigenvalue weighted by molar-refractivity contribution is 7.89. The molecule has 0 amide bonds. The number of anilines is 1. The fourth-order valence-electron chi connectivity index (χ4n) is 2.92. The molecule has 0 unspecified atom stereocenters. The minimum Gasteiger partial charge on any atom is -0.353 e. The monoisotopic (exact) mass is 378 g/mol. The normalized spacial score (nSPS) is 16.4. The Hall–Kier alpha value is -2.10. The molecule has 2 aromatic heterocycles. The van der Waals surface area contributed by atoms with Crippen molar-refractivity contribution in [1.82, 2.24) is 14.3 Å². The first-order valence-electron chi connectivity index (χ1n) is 7.74. The molecule has 0 atom stereocenters. The number of hydrogen-bond donors (Lipinski definition) is 0. The highest BCUT2D eigenvalue weighted by Crippen LogP contribution is 2.28. The van der Waals surface area contributed by atoms with Gasteiger partial charge in [0.15, 0.2) is 0 Å². The number of halogens is 1. The summed E-state index contributed by atoms with van der Waals surface area (Å²) < 4.78 is 39.8. The van der Waals surface area contributed by atoms with Gasteiger partial charge in [-0.3, -0.25) is 0 Å². The van der Waals surface area contributed by atoms with Gasteiger partial charge < -0.3 is 4.90 Å². The minimum absolute atomic E-state index is 0.115. The van der Waals surface area contributed by atoms with Crippen molar-refractivity contribution >= 4 is 37.4 Å². The number of benzene rings is 1. The summed E-state index contributed by atoms with van der Waals surface area (Å²) in [5.41, 5.74) is 0. The molecule has 1 aliphatic heterocycles. The first-order chi connectivity index (χ1) is 12.1. The molecule has 6 nitrogen and oxygen atoms in total. The van der Waals surface area contributed by atoms with E-state index in [0.29, 0.717) is 26.2 Å². The van der Waals surface area contributed by atoms with Crippen LogP contribution in [-0.4, -0.2) is 48.9 Å². The third-order valence-corrected chi connectivity index (χ3v) is 6.96. The van der Waals surface area contributed by atoms with Crippen LogP contribution in [0.5, 0.6) is 0 Å². The second-order valence-electron chi connectivity index (χ2n) is 5.68. The third kappa shape index (κ3) is 2.99. The van der Waals surface area contributed by atoms with Crippen molar-refractivity contribution in [3.05, 3.63) is 47.9 Å². The average molecular weight is 378 g/mol. The van der Waals surface area contributed by atoms with E-state index in [1.807, 2.05) is 11.4 Å². The van der Waals surface area contributed by atoms with Gasteiger partial charge in [-0.15, -0.1) is 11.3 Å². The molecule has 1 aromatic carbocycles. The highest BCUT2D eigenvalue weighted by atomic mass is 32.2. The molecule has 0 N–H and O–H groups in total. The van der Waals surface area contributed by atoms with Crippen molar-refractivity contribution in [2.75, 3.05) is 31.1 Å². The van der Waals surface area contributed by atoms with E-state index >= 15 is 0 Å². The lowest BCUT2D eigenvalue weighted by Crippen LogP contribution is -2.49. The number of sulfonamides is 1. The van der Waals surface area contributed by atoms with Crippen LogP contribution in [0.3, 0.4) is 0 Å². The number of aromatic nitrogens is 2. The molecular weight excluding hydrogens is 363 g/mol. The van der Waals surface area contributed by atoms with Crippen molar-refractivity contribution in [3.8, 4) is 0 Å². The topological polar surface area (TPSA) is 66.4 Å². The molecule has 3 heterocycles. The van der Waals surface area contributed by atoms with Crippen LogP contribution in [0, 0.1) is 5.82 Å². The van der Waals surface area contributed by atoms with Crippen molar-refractivity contribution in [2.45, 2.75) is 4.90 Å². The van der Waals surface area contributed by atoms with Gasteiger partial charge in [0.05, 0.1) is 10.3 Å². The van der Waals surface area contributed by atoms with Gasteiger partial charge in [-0.1, -0.05) is 0 Å². The van der Waals surface area contributed by atoms with E-state index < -0.39 is 15.8 Å². The Morgan fingerprint density at radius 2 is 1.72 bits per heavy atom. The Kier molecular flexibility index (Phi) is 4.14. The predicted molar refractivity (Wildman–Crippen MR) is 94.8 cm³/mol. The molecule has 4 rings (SSSR count). The van der Waals surface area contributed by atoms with Crippen LogP contribution in [0.4, 0.5) is 10.2 Å². The van der Waals surface area contributed by atoms with Crippen molar-refractivity contribution in [3.63, 3.8) is 0 Å². The Balaban J connectivity index is 1.53. The van der Waals surface area contributed by atoms with Gasteiger partial charge in [-0.2, -0.15) is 4.31 Å². The van der Waals surface area contributed by atoms with E-state index in [4.69, 9.17) is 0 Å². The number of thiophene rings is 1. The van der Waals surface area contributed by atoms with E-state index in [-0.39, 0.29) is 4.90 Å². The maximum atomic E-state index is 13.0. The number of rotatable bonds is 3. The van der Waals surface area contributed by atoms with Gasteiger partial charge in [0.25, 0.3) is 0 Å². The molecule has 0 radical (unpaired) electrons. The molecule has 9 heteroatoms.